The highest BCUT2D eigenvalue weighted by atomic mass is 16.5. The molecule has 2 rings (SSSR count). The van der Waals surface area contributed by atoms with Gasteiger partial charge in [0.1, 0.15) is 5.75 Å². The summed E-state index contributed by atoms with van der Waals surface area (Å²) in [5.74, 6) is 0.160. The van der Waals surface area contributed by atoms with Gasteiger partial charge in [-0.2, -0.15) is 0 Å². The number of benzene rings is 2. The van der Waals surface area contributed by atoms with Gasteiger partial charge in [-0.25, -0.2) is 0 Å². The third-order valence-corrected chi connectivity index (χ3v) is 3.70. The van der Waals surface area contributed by atoms with Crippen molar-refractivity contribution >= 4 is 17.5 Å². The van der Waals surface area contributed by atoms with Crippen LogP contribution in [0, 0.1) is 20.8 Å². The van der Waals surface area contributed by atoms with E-state index in [1.165, 1.54) is 4.90 Å². The highest BCUT2D eigenvalue weighted by Crippen LogP contribution is 2.16. The third kappa shape index (κ3) is 5.95. The van der Waals surface area contributed by atoms with Crippen LogP contribution in [-0.4, -0.2) is 36.9 Å². The summed E-state index contributed by atoms with van der Waals surface area (Å²) in [4.78, 5) is 25.5. The molecule has 0 radical (unpaired) electrons. The van der Waals surface area contributed by atoms with E-state index in [4.69, 9.17) is 4.74 Å². The van der Waals surface area contributed by atoms with Crippen molar-refractivity contribution in [2.45, 2.75) is 20.8 Å². The minimum atomic E-state index is -0.252. The number of rotatable bonds is 6. The molecule has 0 atom stereocenters. The molecule has 2 amide bonds. The molecule has 2 aromatic rings. The standard InChI is InChI=1S/C20H24N2O3/c1-14-5-7-17(8-6-14)21-19(23)12-22(4)20(24)13-25-18-10-15(2)9-16(3)11-18/h5-11H,12-13H2,1-4H3,(H,21,23). The predicted molar refractivity (Wildman–Crippen MR) is 98.9 cm³/mol. The smallest absolute Gasteiger partial charge is 0.260 e. The number of hydrogen-bond acceptors (Lipinski definition) is 3. The van der Waals surface area contributed by atoms with Gasteiger partial charge in [0.15, 0.2) is 6.61 Å². The van der Waals surface area contributed by atoms with E-state index in [9.17, 15) is 9.59 Å². The summed E-state index contributed by atoms with van der Waals surface area (Å²) < 4.78 is 5.54. The van der Waals surface area contributed by atoms with Gasteiger partial charge < -0.3 is 15.0 Å². The maximum absolute atomic E-state index is 12.1. The van der Waals surface area contributed by atoms with Gasteiger partial charge in [-0.05, 0) is 56.2 Å². The Morgan fingerprint density at radius 1 is 0.960 bits per heavy atom. The molecule has 5 nitrogen and oxygen atoms in total. The number of ether oxygens (including phenoxy) is 1. The molecule has 0 unspecified atom stereocenters. The maximum atomic E-state index is 12.1. The summed E-state index contributed by atoms with van der Waals surface area (Å²) in [6.45, 7) is 5.81. The minimum absolute atomic E-state index is 0.0249. The molecule has 0 aliphatic heterocycles. The number of amides is 2. The second kappa shape index (κ2) is 8.33. The van der Waals surface area contributed by atoms with Crippen LogP contribution in [0.1, 0.15) is 16.7 Å². The number of nitrogens with zero attached hydrogens (tertiary/aromatic N) is 1. The molecule has 0 bridgehead atoms. The van der Waals surface area contributed by atoms with E-state index in [0.717, 1.165) is 16.7 Å². The molecule has 1 N–H and O–H groups in total. The number of carbonyl (C=O) groups is 2. The lowest BCUT2D eigenvalue weighted by Crippen LogP contribution is -2.37. The lowest BCUT2D eigenvalue weighted by Gasteiger charge is -2.17. The first-order chi connectivity index (χ1) is 11.8. The molecule has 0 saturated heterocycles. The SMILES string of the molecule is Cc1ccc(NC(=O)CN(C)C(=O)COc2cc(C)cc(C)c2)cc1. The second-order valence-corrected chi connectivity index (χ2v) is 6.28. The Bertz CT molecular complexity index is 734. The van der Waals surface area contributed by atoms with Crippen molar-refractivity contribution in [1.82, 2.24) is 4.90 Å². The Balaban J connectivity index is 1.82. The molecule has 0 saturated carbocycles. The first-order valence-corrected chi connectivity index (χ1v) is 8.15. The molecular formula is C20H24N2O3. The normalized spacial score (nSPS) is 10.2. The fourth-order valence-corrected chi connectivity index (χ4v) is 2.41. The zero-order valence-electron chi connectivity index (χ0n) is 15.1. The molecule has 0 spiro atoms. The largest absolute Gasteiger partial charge is 0.484 e. The van der Waals surface area contributed by atoms with Crippen LogP contribution in [0.25, 0.3) is 0 Å². The number of nitrogens with one attached hydrogen (secondary N) is 1. The van der Waals surface area contributed by atoms with Crippen LogP contribution in [0.15, 0.2) is 42.5 Å². The topological polar surface area (TPSA) is 58.6 Å². The Morgan fingerprint density at radius 3 is 2.16 bits per heavy atom. The van der Waals surface area contributed by atoms with Crippen LogP contribution < -0.4 is 10.1 Å². The van der Waals surface area contributed by atoms with Crippen LogP contribution in [0.4, 0.5) is 5.69 Å². The fraction of sp³-hybridized carbons (Fsp3) is 0.300. The summed E-state index contributed by atoms with van der Waals surface area (Å²) in [7, 11) is 1.59. The number of hydrogen-bond donors (Lipinski definition) is 1. The summed E-state index contributed by atoms with van der Waals surface area (Å²) in [6.07, 6.45) is 0. The van der Waals surface area contributed by atoms with Crippen molar-refractivity contribution in [3.05, 3.63) is 59.2 Å². The van der Waals surface area contributed by atoms with Gasteiger partial charge >= 0.3 is 0 Å². The Morgan fingerprint density at radius 2 is 1.56 bits per heavy atom. The van der Waals surface area contributed by atoms with Gasteiger partial charge in [0.05, 0.1) is 6.54 Å². The Kier molecular flexibility index (Phi) is 6.17. The molecular weight excluding hydrogens is 316 g/mol. The van der Waals surface area contributed by atoms with E-state index in [1.54, 1.807) is 7.05 Å². The average molecular weight is 340 g/mol. The van der Waals surface area contributed by atoms with Crippen molar-refractivity contribution in [3.8, 4) is 5.75 Å². The molecule has 0 heterocycles. The maximum Gasteiger partial charge on any atom is 0.260 e. The van der Waals surface area contributed by atoms with E-state index in [1.807, 2.05) is 63.2 Å². The Hall–Kier alpha value is -2.82. The summed E-state index contributed by atoms with van der Waals surface area (Å²) in [5, 5.41) is 2.77. The molecule has 0 aromatic heterocycles. The third-order valence-electron chi connectivity index (χ3n) is 3.70. The van der Waals surface area contributed by atoms with Gasteiger partial charge in [0, 0.05) is 12.7 Å². The van der Waals surface area contributed by atoms with Gasteiger partial charge in [-0.3, -0.25) is 9.59 Å². The number of aryl methyl sites for hydroxylation is 3. The van der Waals surface area contributed by atoms with Crippen molar-refractivity contribution in [3.63, 3.8) is 0 Å². The highest BCUT2D eigenvalue weighted by molar-refractivity contribution is 5.94. The molecule has 2 aromatic carbocycles. The van der Waals surface area contributed by atoms with Crippen LogP contribution in [0.5, 0.6) is 5.75 Å². The van der Waals surface area contributed by atoms with Crippen LogP contribution in [0.3, 0.4) is 0 Å². The first-order valence-electron chi connectivity index (χ1n) is 8.15. The summed E-state index contributed by atoms with van der Waals surface area (Å²) >= 11 is 0. The molecule has 5 heteroatoms. The summed E-state index contributed by atoms with van der Waals surface area (Å²) in [5.41, 5.74) is 3.98. The van der Waals surface area contributed by atoms with Gasteiger partial charge in [-0.1, -0.05) is 23.8 Å². The van der Waals surface area contributed by atoms with Crippen LogP contribution in [-0.2, 0) is 9.59 Å². The van der Waals surface area contributed by atoms with Gasteiger partial charge in [0.25, 0.3) is 5.91 Å². The summed E-state index contributed by atoms with van der Waals surface area (Å²) in [6, 6.07) is 13.3. The quantitative estimate of drug-likeness (QED) is 0.879. The lowest BCUT2D eigenvalue weighted by atomic mass is 10.1. The fourth-order valence-electron chi connectivity index (χ4n) is 2.41. The number of carbonyl (C=O) groups excluding carboxylic acids is 2. The van der Waals surface area contributed by atoms with E-state index >= 15 is 0 Å². The monoisotopic (exact) mass is 340 g/mol. The minimum Gasteiger partial charge on any atom is -0.484 e. The molecule has 132 valence electrons. The molecule has 25 heavy (non-hydrogen) atoms. The van der Waals surface area contributed by atoms with Crippen molar-refractivity contribution < 1.29 is 14.3 Å². The van der Waals surface area contributed by atoms with E-state index < -0.39 is 0 Å². The molecule has 0 aliphatic carbocycles. The predicted octanol–water partition coefficient (Wildman–Crippen LogP) is 3.09. The first kappa shape index (κ1) is 18.5. The van der Waals surface area contributed by atoms with E-state index in [-0.39, 0.29) is 25.0 Å². The Labute approximate surface area is 148 Å². The van der Waals surface area contributed by atoms with Crippen molar-refractivity contribution in [2.24, 2.45) is 0 Å². The lowest BCUT2D eigenvalue weighted by molar-refractivity contribution is -0.135. The molecule has 0 aliphatic rings. The van der Waals surface area contributed by atoms with E-state index in [0.29, 0.717) is 11.4 Å². The van der Waals surface area contributed by atoms with Gasteiger partial charge in [-0.15, -0.1) is 0 Å². The van der Waals surface area contributed by atoms with Crippen molar-refractivity contribution in [1.29, 1.82) is 0 Å². The van der Waals surface area contributed by atoms with Crippen molar-refractivity contribution in [2.75, 3.05) is 25.5 Å². The van der Waals surface area contributed by atoms with E-state index in [2.05, 4.69) is 5.32 Å². The van der Waals surface area contributed by atoms with Crippen LogP contribution in [0.2, 0.25) is 0 Å². The zero-order valence-corrected chi connectivity index (χ0v) is 15.1. The zero-order chi connectivity index (χ0) is 18.4. The highest BCUT2D eigenvalue weighted by Gasteiger charge is 2.14. The molecule has 0 fully saturated rings. The number of anilines is 1. The van der Waals surface area contributed by atoms with Crippen LogP contribution >= 0.6 is 0 Å². The second-order valence-electron chi connectivity index (χ2n) is 6.28. The average Bonchev–Trinajstić information content (AvgIpc) is 2.53. The van der Waals surface area contributed by atoms with Gasteiger partial charge in [0.2, 0.25) is 5.91 Å². The number of likely N-dealkylation sites (N-methyl/N-ethyl adjacent to an activating group) is 1.